The van der Waals surface area contributed by atoms with E-state index >= 15 is 0 Å². The van der Waals surface area contributed by atoms with Gasteiger partial charge in [-0.05, 0) is 42.6 Å². The number of halogens is 3. The van der Waals surface area contributed by atoms with Crippen molar-refractivity contribution in [2.75, 3.05) is 6.54 Å². The van der Waals surface area contributed by atoms with Crippen molar-refractivity contribution in [1.29, 1.82) is 0 Å². The van der Waals surface area contributed by atoms with E-state index in [0.717, 1.165) is 18.0 Å². The van der Waals surface area contributed by atoms with Crippen LogP contribution in [0.25, 0.3) is 0 Å². The van der Waals surface area contributed by atoms with Crippen LogP contribution in [0.2, 0.25) is 0 Å². The van der Waals surface area contributed by atoms with E-state index in [1.165, 1.54) is 25.7 Å². The highest BCUT2D eigenvalue weighted by atomic mass is 19.4. The smallest absolute Gasteiger partial charge is 0.309 e. The van der Waals surface area contributed by atoms with Gasteiger partial charge in [-0.2, -0.15) is 13.2 Å². The summed E-state index contributed by atoms with van der Waals surface area (Å²) in [4.78, 5) is 0. The van der Waals surface area contributed by atoms with E-state index in [-0.39, 0.29) is 0 Å². The fourth-order valence-corrected chi connectivity index (χ4v) is 3.14. The van der Waals surface area contributed by atoms with E-state index in [9.17, 15) is 13.2 Å². The maximum atomic E-state index is 12.8. The van der Waals surface area contributed by atoms with E-state index < -0.39 is 18.6 Å². The molecule has 0 bridgehead atoms. The van der Waals surface area contributed by atoms with Crippen molar-refractivity contribution in [2.24, 2.45) is 11.3 Å². The Morgan fingerprint density at radius 2 is 1.80 bits per heavy atom. The van der Waals surface area contributed by atoms with Crippen molar-refractivity contribution in [2.45, 2.75) is 44.3 Å². The molecule has 1 atom stereocenters. The molecule has 3 rings (SSSR count). The molecule has 0 heterocycles. The molecular formula is C16H20F3N. The molecule has 0 amide bonds. The summed E-state index contributed by atoms with van der Waals surface area (Å²) < 4.78 is 38.3. The second-order valence-corrected chi connectivity index (χ2v) is 6.30. The lowest BCUT2D eigenvalue weighted by atomic mass is 9.98. The summed E-state index contributed by atoms with van der Waals surface area (Å²) in [6.45, 7) is 0.729. The van der Waals surface area contributed by atoms with Crippen LogP contribution in [-0.2, 0) is 0 Å². The predicted molar refractivity (Wildman–Crippen MR) is 72.2 cm³/mol. The molecule has 1 aromatic carbocycles. The van der Waals surface area contributed by atoms with Gasteiger partial charge in [0.05, 0.1) is 6.42 Å². The van der Waals surface area contributed by atoms with Gasteiger partial charge in [0, 0.05) is 12.6 Å². The van der Waals surface area contributed by atoms with Crippen molar-refractivity contribution in [3.05, 3.63) is 35.9 Å². The van der Waals surface area contributed by atoms with Crippen molar-refractivity contribution < 1.29 is 13.2 Å². The zero-order valence-corrected chi connectivity index (χ0v) is 11.4. The quantitative estimate of drug-likeness (QED) is 0.812. The second kappa shape index (κ2) is 5.06. The first-order valence-corrected chi connectivity index (χ1v) is 7.34. The van der Waals surface area contributed by atoms with Gasteiger partial charge >= 0.3 is 6.18 Å². The zero-order chi connectivity index (χ0) is 14.2. The van der Waals surface area contributed by atoms with E-state index in [1.807, 2.05) is 6.07 Å². The Hall–Kier alpha value is -1.03. The highest BCUT2D eigenvalue weighted by Gasteiger charge is 2.53. The lowest BCUT2D eigenvalue weighted by Gasteiger charge is -2.24. The van der Waals surface area contributed by atoms with Crippen LogP contribution in [0.15, 0.2) is 30.3 Å². The fourth-order valence-electron chi connectivity index (χ4n) is 3.14. The highest BCUT2D eigenvalue weighted by Crippen LogP contribution is 2.61. The number of alkyl halides is 3. The molecule has 4 heteroatoms. The van der Waals surface area contributed by atoms with Gasteiger partial charge in [0.2, 0.25) is 0 Å². The summed E-state index contributed by atoms with van der Waals surface area (Å²) in [6, 6.07) is 8.37. The molecule has 0 spiro atoms. The normalized spacial score (nSPS) is 22.6. The number of rotatable bonds is 6. The van der Waals surface area contributed by atoms with E-state index in [0.29, 0.717) is 5.41 Å². The minimum atomic E-state index is -4.14. The van der Waals surface area contributed by atoms with Gasteiger partial charge in [0.1, 0.15) is 0 Å². The lowest BCUT2D eigenvalue weighted by molar-refractivity contribution is -0.140. The van der Waals surface area contributed by atoms with Gasteiger partial charge in [0.15, 0.2) is 0 Å². The molecule has 0 radical (unpaired) electrons. The Morgan fingerprint density at radius 1 is 1.15 bits per heavy atom. The second-order valence-electron chi connectivity index (χ2n) is 6.30. The van der Waals surface area contributed by atoms with Crippen LogP contribution in [0.3, 0.4) is 0 Å². The third-order valence-electron chi connectivity index (χ3n) is 4.67. The van der Waals surface area contributed by atoms with Gasteiger partial charge in [0.25, 0.3) is 0 Å². The van der Waals surface area contributed by atoms with Gasteiger partial charge < -0.3 is 5.32 Å². The topological polar surface area (TPSA) is 12.0 Å². The van der Waals surface area contributed by atoms with E-state index in [2.05, 4.69) is 5.32 Å². The largest absolute Gasteiger partial charge is 0.390 e. The molecule has 0 aliphatic heterocycles. The van der Waals surface area contributed by atoms with Crippen molar-refractivity contribution in [1.82, 2.24) is 5.32 Å². The average Bonchev–Trinajstić information content (AvgIpc) is 3.26. The SMILES string of the molecule is FC(F)(F)CC(NCC1(C2CC2)CC1)c1ccccc1. The van der Waals surface area contributed by atoms with Crippen LogP contribution in [-0.4, -0.2) is 12.7 Å². The Labute approximate surface area is 117 Å². The van der Waals surface area contributed by atoms with Gasteiger partial charge in [-0.1, -0.05) is 30.3 Å². The highest BCUT2D eigenvalue weighted by molar-refractivity contribution is 5.19. The van der Waals surface area contributed by atoms with Crippen molar-refractivity contribution in [3.8, 4) is 0 Å². The molecule has 2 aliphatic rings. The Morgan fingerprint density at radius 3 is 2.30 bits per heavy atom. The first kappa shape index (κ1) is 13.9. The molecule has 1 nitrogen and oxygen atoms in total. The summed E-state index contributed by atoms with van der Waals surface area (Å²) in [5.41, 5.74) is 1.05. The summed E-state index contributed by atoms with van der Waals surface area (Å²) in [6.07, 6.45) is -0.0497. The van der Waals surface area contributed by atoms with Crippen LogP contribution in [0.1, 0.15) is 43.7 Å². The summed E-state index contributed by atoms with van der Waals surface area (Å²) in [7, 11) is 0. The van der Waals surface area contributed by atoms with Crippen LogP contribution in [0.4, 0.5) is 13.2 Å². The molecule has 110 valence electrons. The molecule has 0 saturated heterocycles. The molecule has 1 aromatic rings. The Bertz CT molecular complexity index is 447. The van der Waals surface area contributed by atoms with Crippen LogP contribution < -0.4 is 5.32 Å². The molecule has 0 aromatic heterocycles. The molecule has 2 fully saturated rings. The lowest BCUT2D eigenvalue weighted by Crippen LogP contribution is -2.32. The third-order valence-corrected chi connectivity index (χ3v) is 4.67. The Balaban J connectivity index is 1.66. The van der Waals surface area contributed by atoms with Crippen molar-refractivity contribution in [3.63, 3.8) is 0 Å². The fraction of sp³-hybridized carbons (Fsp3) is 0.625. The molecule has 1 N–H and O–H groups in total. The van der Waals surface area contributed by atoms with Gasteiger partial charge in [-0.3, -0.25) is 0 Å². The first-order valence-electron chi connectivity index (χ1n) is 7.34. The number of hydrogen-bond acceptors (Lipinski definition) is 1. The molecule has 1 unspecified atom stereocenters. The molecule has 20 heavy (non-hydrogen) atoms. The minimum absolute atomic E-state index is 0.318. The molecule has 2 aliphatic carbocycles. The summed E-state index contributed by atoms with van der Waals surface area (Å²) in [5, 5.41) is 3.20. The van der Waals surface area contributed by atoms with Crippen LogP contribution in [0, 0.1) is 11.3 Å². The summed E-state index contributed by atoms with van der Waals surface area (Å²) in [5.74, 6) is 0.761. The van der Waals surface area contributed by atoms with Crippen LogP contribution in [0.5, 0.6) is 0 Å². The van der Waals surface area contributed by atoms with Crippen molar-refractivity contribution >= 4 is 0 Å². The van der Waals surface area contributed by atoms with Gasteiger partial charge in [-0.25, -0.2) is 0 Å². The number of hydrogen-bond donors (Lipinski definition) is 1. The predicted octanol–water partition coefficient (Wildman–Crippen LogP) is 4.46. The maximum Gasteiger partial charge on any atom is 0.390 e. The minimum Gasteiger partial charge on any atom is -0.309 e. The zero-order valence-electron chi connectivity index (χ0n) is 11.4. The summed E-state index contributed by atoms with van der Waals surface area (Å²) >= 11 is 0. The Kier molecular flexibility index (Phi) is 3.53. The number of nitrogens with one attached hydrogen (secondary N) is 1. The first-order chi connectivity index (χ1) is 9.49. The van der Waals surface area contributed by atoms with E-state index in [4.69, 9.17) is 0 Å². The third kappa shape index (κ3) is 3.35. The molecule has 2 saturated carbocycles. The average molecular weight is 283 g/mol. The monoisotopic (exact) mass is 283 g/mol. The number of benzene rings is 1. The van der Waals surface area contributed by atoms with Crippen LogP contribution >= 0.6 is 0 Å². The maximum absolute atomic E-state index is 12.8. The van der Waals surface area contributed by atoms with Gasteiger partial charge in [-0.15, -0.1) is 0 Å². The van der Waals surface area contributed by atoms with E-state index in [1.54, 1.807) is 24.3 Å². The standard InChI is InChI=1S/C16H20F3N/c17-16(18,19)10-14(12-4-2-1-3-5-12)20-11-15(8-9-15)13-6-7-13/h1-5,13-14,20H,6-11H2. The molecular weight excluding hydrogens is 263 g/mol.